The lowest BCUT2D eigenvalue weighted by Crippen LogP contribution is -2.60. The van der Waals surface area contributed by atoms with Crippen molar-refractivity contribution in [1.82, 2.24) is 20.6 Å². The highest BCUT2D eigenvalue weighted by Crippen LogP contribution is 2.40. The van der Waals surface area contributed by atoms with Crippen LogP contribution in [0.25, 0.3) is 10.9 Å². The van der Waals surface area contributed by atoms with Crippen LogP contribution in [0.5, 0.6) is 0 Å². The highest BCUT2D eigenvalue weighted by Gasteiger charge is 2.38. The Balaban J connectivity index is 1.67. The molecule has 6 nitrogen and oxygen atoms in total. The molecule has 3 rings (SSSR count). The number of fused-ring (bicyclic) bond motifs is 1. The molecule has 1 amide bonds. The Morgan fingerprint density at radius 2 is 1.84 bits per heavy atom. The van der Waals surface area contributed by atoms with Gasteiger partial charge in [-0.15, -0.1) is 0 Å². The molecule has 1 fully saturated rings. The minimum Gasteiger partial charge on any atom is -0.360 e. The average Bonchev–Trinajstić information content (AvgIpc) is 2.70. The van der Waals surface area contributed by atoms with E-state index in [0.29, 0.717) is 11.4 Å². The Morgan fingerprint density at radius 3 is 2.42 bits per heavy atom. The van der Waals surface area contributed by atoms with Gasteiger partial charge in [-0.25, -0.2) is 9.97 Å². The number of nitrogens with one attached hydrogen (secondary N) is 3. The smallest absolute Gasteiger partial charge is 0.360 e. The average molecular weight is 438 g/mol. The molecule has 0 radical (unpaired) electrons. The largest absolute Gasteiger partial charge is 0.416 e. The first kappa shape index (κ1) is 23.2. The lowest BCUT2D eigenvalue weighted by atomic mass is 9.69. The zero-order valence-corrected chi connectivity index (χ0v) is 18.4. The van der Waals surface area contributed by atoms with E-state index in [1.54, 1.807) is 0 Å². The Kier molecular flexibility index (Phi) is 6.45. The van der Waals surface area contributed by atoms with E-state index in [2.05, 4.69) is 46.7 Å². The van der Waals surface area contributed by atoms with E-state index in [1.165, 1.54) is 12.4 Å². The molecule has 0 unspecified atom stereocenters. The third-order valence-electron chi connectivity index (χ3n) is 6.30. The maximum absolute atomic E-state index is 13.1. The Bertz CT molecular complexity index is 931. The molecule has 1 aromatic heterocycles. The van der Waals surface area contributed by atoms with Crippen LogP contribution in [0.15, 0.2) is 24.5 Å². The number of anilines is 1. The van der Waals surface area contributed by atoms with Crippen molar-refractivity contribution >= 4 is 22.6 Å². The standard InChI is InChI=1S/C22H30F3N5O/c1-20(2,3)14-7-9-21(26-4,10-8-14)30-18(31)12-27-19-16-11-15(22(23,24)25)5-6-17(16)28-13-29-19/h5-6,11,13-14,26H,7-10,12H2,1-4H3,(H,30,31)(H,27,28,29). The van der Waals surface area contributed by atoms with Gasteiger partial charge in [0.1, 0.15) is 12.1 Å². The zero-order valence-electron chi connectivity index (χ0n) is 18.4. The molecule has 1 heterocycles. The van der Waals surface area contributed by atoms with Crippen molar-refractivity contribution in [2.24, 2.45) is 11.3 Å². The number of hydrogen-bond donors (Lipinski definition) is 3. The molecular weight excluding hydrogens is 407 g/mol. The van der Waals surface area contributed by atoms with Crippen molar-refractivity contribution in [2.45, 2.75) is 58.3 Å². The van der Waals surface area contributed by atoms with Crippen molar-refractivity contribution < 1.29 is 18.0 Å². The topological polar surface area (TPSA) is 78.9 Å². The first-order valence-electron chi connectivity index (χ1n) is 10.5. The molecule has 0 bridgehead atoms. The second-order valence-corrected chi connectivity index (χ2v) is 9.33. The molecule has 3 N–H and O–H groups in total. The highest BCUT2D eigenvalue weighted by molar-refractivity contribution is 5.91. The van der Waals surface area contributed by atoms with Crippen LogP contribution in [0.1, 0.15) is 52.0 Å². The van der Waals surface area contributed by atoms with Crippen LogP contribution in [0, 0.1) is 11.3 Å². The van der Waals surface area contributed by atoms with Gasteiger partial charge in [0, 0.05) is 5.39 Å². The van der Waals surface area contributed by atoms with Crippen LogP contribution in [-0.4, -0.2) is 35.1 Å². The van der Waals surface area contributed by atoms with Crippen molar-refractivity contribution in [3.05, 3.63) is 30.1 Å². The number of rotatable bonds is 5. The third kappa shape index (κ3) is 5.44. The quantitative estimate of drug-likeness (QED) is 0.607. The number of halogens is 3. The van der Waals surface area contributed by atoms with Crippen LogP contribution in [-0.2, 0) is 11.0 Å². The van der Waals surface area contributed by atoms with Crippen molar-refractivity contribution in [3.8, 4) is 0 Å². The molecule has 170 valence electrons. The van der Waals surface area contributed by atoms with Gasteiger partial charge in [-0.3, -0.25) is 10.1 Å². The zero-order chi connectivity index (χ0) is 22.9. The van der Waals surface area contributed by atoms with Gasteiger partial charge in [0.2, 0.25) is 5.91 Å². The van der Waals surface area contributed by atoms with E-state index in [0.717, 1.165) is 37.8 Å². The number of nitrogens with zero attached hydrogens (tertiary/aromatic N) is 2. The number of hydrogen-bond acceptors (Lipinski definition) is 5. The predicted octanol–water partition coefficient (Wildman–Crippen LogP) is 4.33. The van der Waals surface area contributed by atoms with Crippen molar-refractivity contribution in [1.29, 1.82) is 0 Å². The van der Waals surface area contributed by atoms with Crippen molar-refractivity contribution in [3.63, 3.8) is 0 Å². The molecule has 0 aliphatic heterocycles. The third-order valence-corrected chi connectivity index (χ3v) is 6.30. The van der Waals surface area contributed by atoms with Gasteiger partial charge in [-0.2, -0.15) is 13.2 Å². The monoisotopic (exact) mass is 437 g/mol. The van der Waals surface area contributed by atoms with E-state index in [-0.39, 0.29) is 29.1 Å². The summed E-state index contributed by atoms with van der Waals surface area (Å²) in [6.07, 6.45) is 0.456. The molecule has 1 aromatic carbocycles. The number of alkyl halides is 3. The van der Waals surface area contributed by atoms with Crippen molar-refractivity contribution in [2.75, 3.05) is 18.9 Å². The van der Waals surface area contributed by atoms with Gasteiger partial charge in [0.25, 0.3) is 0 Å². The van der Waals surface area contributed by atoms with Gasteiger partial charge < -0.3 is 10.6 Å². The maximum Gasteiger partial charge on any atom is 0.416 e. The molecule has 9 heteroatoms. The summed E-state index contributed by atoms with van der Waals surface area (Å²) in [4.78, 5) is 20.7. The molecule has 0 saturated heterocycles. The van der Waals surface area contributed by atoms with E-state index in [9.17, 15) is 18.0 Å². The lowest BCUT2D eigenvalue weighted by molar-refractivity contribution is -0.137. The molecule has 31 heavy (non-hydrogen) atoms. The summed E-state index contributed by atoms with van der Waals surface area (Å²) < 4.78 is 39.2. The van der Waals surface area contributed by atoms with E-state index in [1.807, 2.05) is 7.05 Å². The van der Waals surface area contributed by atoms with E-state index >= 15 is 0 Å². The summed E-state index contributed by atoms with van der Waals surface area (Å²) in [7, 11) is 1.84. The fourth-order valence-electron chi connectivity index (χ4n) is 4.26. The number of carbonyl (C=O) groups excluding carboxylic acids is 1. The fraction of sp³-hybridized carbons (Fsp3) is 0.591. The summed E-state index contributed by atoms with van der Waals surface area (Å²) >= 11 is 0. The van der Waals surface area contributed by atoms with Crippen LogP contribution in [0.2, 0.25) is 0 Å². The van der Waals surface area contributed by atoms with Gasteiger partial charge in [0.05, 0.1) is 23.3 Å². The molecule has 2 aromatic rings. The SMILES string of the molecule is CNC1(NC(=O)CNc2ncnc3ccc(C(F)(F)F)cc23)CCC(C(C)(C)C)CC1. The lowest BCUT2D eigenvalue weighted by Gasteiger charge is -2.44. The van der Waals surface area contributed by atoms with Gasteiger partial charge in [0.15, 0.2) is 0 Å². The maximum atomic E-state index is 13.1. The first-order chi connectivity index (χ1) is 14.4. The minimum atomic E-state index is -4.47. The van der Waals surface area contributed by atoms with E-state index < -0.39 is 17.4 Å². The number of carbonyl (C=O) groups is 1. The molecule has 1 aliphatic rings. The van der Waals surface area contributed by atoms with Gasteiger partial charge in [-0.1, -0.05) is 20.8 Å². The van der Waals surface area contributed by atoms with Gasteiger partial charge >= 0.3 is 6.18 Å². The summed E-state index contributed by atoms with van der Waals surface area (Å²) in [6.45, 7) is 6.61. The summed E-state index contributed by atoms with van der Waals surface area (Å²) in [5, 5.41) is 9.43. The summed E-state index contributed by atoms with van der Waals surface area (Å²) in [5.74, 6) is 0.544. The van der Waals surface area contributed by atoms with Crippen LogP contribution >= 0.6 is 0 Å². The van der Waals surface area contributed by atoms with E-state index in [4.69, 9.17) is 0 Å². The molecule has 1 aliphatic carbocycles. The Hall–Kier alpha value is -2.42. The fourth-order valence-corrected chi connectivity index (χ4v) is 4.26. The summed E-state index contributed by atoms with van der Waals surface area (Å²) in [6, 6.07) is 3.28. The molecule has 0 atom stereocenters. The van der Waals surface area contributed by atoms with Crippen LogP contribution in [0.4, 0.5) is 19.0 Å². The minimum absolute atomic E-state index is 0.103. The number of amides is 1. The Morgan fingerprint density at radius 1 is 1.16 bits per heavy atom. The normalized spacial score (nSPS) is 22.4. The second kappa shape index (κ2) is 8.61. The summed E-state index contributed by atoms with van der Waals surface area (Å²) in [5.41, 5.74) is -0.655. The Labute approximate surface area is 180 Å². The predicted molar refractivity (Wildman–Crippen MR) is 114 cm³/mol. The number of benzene rings is 1. The molecular formula is C22H30F3N5O. The molecule has 1 saturated carbocycles. The highest BCUT2D eigenvalue weighted by atomic mass is 19.4. The molecule has 0 spiro atoms. The first-order valence-corrected chi connectivity index (χ1v) is 10.5. The second-order valence-electron chi connectivity index (χ2n) is 9.33. The number of aromatic nitrogens is 2. The van der Waals surface area contributed by atoms with Crippen LogP contribution in [0.3, 0.4) is 0 Å². The van der Waals surface area contributed by atoms with Crippen LogP contribution < -0.4 is 16.0 Å². The van der Waals surface area contributed by atoms with Gasteiger partial charge in [-0.05, 0) is 62.3 Å².